The minimum Gasteiger partial charge on any atom is -0.327 e. The van der Waals surface area contributed by atoms with E-state index < -0.39 is 0 Å². The van der Waals surface area contributed by atoms with Crippen LogP contribution in [0.4, 0.5) is 0 Å². The first-order valence-corrected chi connectivity index (χ1v) is 7.90. The molecule has 0 saturated heterocycles. The van der Waals surface area contributed by atoms with Gasteiger partial charge < -0.3 is 5.73 Å². The summed E-state index contributed by atoms with van der Waals surface area (Å²) in [6.45, 7) is 9.47. The second-order valence-corrected chi connectivity index (χ2v) is 5.89. The Morgan fingerprint density at radius 3 is 2.57 bits per heavy atom. The molecule has 2 aromatic rings. The number of nitrogens with two attached hydrogens (primary N) is 1. The normalized spacial score (nSPS) is 12.6. The van der Waals surface area contributed by atoms with Crippen molar-refractivity contribution >= 4 is 0 Å². The van der Waals surface area contributed by atoms with Gasteiger partial charge in [0.15, 0.2) is 0 Å². The van der Waals surface area contributed by atoms with Crippen molar-refractivity contribution in [2.45, 2.75) is 59.5 Å². The molecule has 21 heavy (non-hydrogen) atoms. The van der Waals surface area contributed by atoms with Crippen LogP contribution in [0, 0.1) is 13.8 Å². The van der Waals surface area contributed by atoms with E-state index in [9.17, 15) is 0 Å². The number of aromatic nitrogens is 2. The molecular formula is C18H27N3. The Bertz CT molecular complexity index is 599. The standard InChI is InChI=1S/C18H27N3/c1-5-17-12-18(21(6-2)20-17)11-16(19)10-15-9-13(3)7-8-14(15)4/h7-9,12,16H,5-6,10-11,19H2,1-4H3. The summed E-state index contributed by atoms with van der Waals surface area (Å²) in [6, 6.07) is 8.93. The first kappa shape index (κ1) is 15.8. The van der Waals surface area contributed by atoms with Crippen LogP contribution in [0.15, 0.2) is 24.3 Å². The molecule has 0 spiro atoms. The van der Waals surface area contributed by atoms with Crippen LogP contribution in [0.2, 0.25) is 0 Å². The number of hydrogen-bond donors (Lipinski definition) is 1. The Morgan fingerprint density at radius 2 is 1.90 bits per heavy atom. The lowest BCUT2D eigenvalue weighted by molar-refractivity contribution is 0.572. The molecule has 2 rings (SSSR count). The minimum atomic E-state index is 0.136. The molecule has 114 valence electrons. The topological polar surface area (TPSA) is 43.8 Å². The summed E-state index contributed by atoms with van der Waals surface area (Å²) in [5.41, 5.74) is 12.8. The molecule has 1 heterocycles. The highest BCUT2D eigenvalue weighted by Crippen LogP contribution is 2.15. The van der Waals surface area contributed by atoms with Gasteiger partial charge in [-0.05, 0) is 50.8 Å². The van der Waals surface area contributed by atoms with Crippen LogP contribution >= 0.6 is 0 Å². The maximum atomic E-state index is 6.39. The van der Waals surface area contributed by atoms with Crippen LogP contribution in [-0.2, 0) is 25.8 Å². The summed E-state index contributed by atoms with van der Waals surface area (Å²) in [5.74, 6) is 0. The zero-order chi connectivity index (χ0) is 15.4. The van der Waals surface area contributed by atoms with Crippen LogP contribution in [0.5, 0.6) is 0 Å². The van der Waals surface area contributed by atoms with Crippen molar-refractivity contribution in [1.82, 2.24) is 9.78 Å². The quantitative estimate of drug-likeness (QED) is 0.886. The van der Waals surface area contributed by atoms with Gasteiger partial charge in [-0.25, -0.2) is 0 Å². The van der Waals surface area contributed by atoms with Crippen molar-refractivity contribution in [3.8, 4) is 0 Å². The Morgan fingerprint density at radius 1 is 1.14 bits per heavy atom. The van der Waals surface area contributed by atoms with Gasteiger partial charge in [0.25, 0.3) is 0 Å². The van der Waals surface area contributed by atoms with E-state index in [1.54, 1.807) is 0 Å². The SMILES string of the molecule is CCc1cc(CC(N)Cc2cc(C)ccc2C)n(CC)n1. The predicted molar refractivity (Wildman–Crippen MR) is 88.6 cm³/mol. The van der Waals surface area contributed by atoms with Gasteiger partial charge in [-0.3, -0.25) is 4.68 Å². The lowest BCUT2D eigenvalue weighted by Crippen LogP contribution is -2.27. The molecule has 1 aromatic carbocycles. The van der Waals surface area contributed by atoms with Gasteiger partial charge in [0, 0.05) is 24.7 Å². The van der Waals surface area contributed by atoms with Crippen LogP contribution < -0.4 is 5.73 Å². The highest BCUT2D eigenvalue weighted by molar-refractivity contribution is 5.31. The number of nitrogens with zero attached hydrogens (tertiary/aromatic N) is 2. The third-order valence-corrected chi connectivity index (χ3v) is 4.03. The summed E-state index contributed by atoms with van der Waals surface area (Å²) in [5, 5.41) is 4.60. The Labute approximate surface area is 128 Å². The zero-order valence-corrected chi connectivity index (χ0v) is 13.7. The smallest absolute Gasteiger partial charge is 0.0624 e. The van der Waals surface area contributed by atoms with Gasteiger partial charge in [-0.1, -0.05) is 30.7 Å². The van der Waals surface area contributed by atoms with Gasteiger partial charge in [-0.2, -0.15) is 5.10 Å². The third kappa shape index (κ3) is 3.94. The molecule has 3 nitrogen and oxygen atoms in total. The van der Waals surface area contributed by atoms with E-state index in [0.717, 1.165) is 31.5 Å². The lowest BCUT2D eigenvalue weighted by atomic mass is 9.97. The van der Waals surface area contributed by atoms with E-state index in [4.69, 9.17) is 5.73 Å². The molecule has 0 bridgehead atoms. The van der Waals surface area contributed by atoms with Crippen molar-refractivity contribution in [2.24, 2.45) is 5.73 Å². The molecule has 3 heteroatoms. The number of aryl methyl sites for hydroxylation is 4. The molecule has 0 aliphatic rings. The monoisotopic (exact) mass is 285 g/mol. The Kier molecular flexibility index (Phi) is 5.18. The van der Waals surface area contributed by atoms with Crippen molar-refractivity contribution in [3.05, 3.63) is 52.3 Å². The van der Waals surface area contributed by atoms with E-state index in [2.05, 4.69) is 61.7 Å². The second-order valence-electron chi connectivity index (χ2n) is 5.89. The molecule has 0 radical (unpaired) electrons. The summed E-state index contributed by atoms with van der Waals surface area (Å²) >= 11 is 0. The maximum Gasteiger partial charge on any atom is 0.0624 e. The van der Waals surface area contributed by atoms with Gasteiger partial charge >= 0.3 is 0 Å². The molecule has 0 saturated carbocycles. The number of benzene rings is 1. The van der Waals surface area contributed by atoms with Crippen molar-refractivity contribution < 1.29 is 0 Å². The summed E-state index contributed by atoms with van der Waals surface area (Å²) in [6.07, 6.45) is 2.78. The molecule has 0 aliphatic carbocycles. The average Bonchev–Trinajstić information content (AvgIpc) is 2.85. The second kappa shape index (κ2) is 6.90. The van der Waals surface area contributed by atoms with Gasteiger partial charge in [0.05, 0.1) is 5.69 Å². The Hall–Kier alpha value is -1.61. The molecular weight excluding hydrogens is 258 g/mol. The molecule has 2 N–H and O–H groups in total. The molecule has 1 unspecified atom stereocenters. The highest BCUT2D eigenvalue weighted by atomic mass is 15.3. The molecule has 0 aliphatic heterocycles. The average molecular weight is 285 g/mol. The zero-order valence-electron chi connectivity index (χ0n) is 13.7. The summed E-state index contributed by atoms with van der Waals surface area (Å²) in [7, 11) is 0. The van der Waals surface area contributed by atoms with Crippen molar-refractivity contribution in [3.63, 3.8) is 0 Å². The van der Waals surface area contributed by atoms with E-state index in [1.165, 1.54) is 22.4 Å². The lowest BCUT2D eigenvalue weighted by Gasteiger charge is -2.15. The van der Waals surface area contributed by atoms with E-state index in [1.807, 2.05) is 0 Å². The van der Waals surface area contributed by atoms with Crippen molar-refractivity contribution in [1.29, 1.82) is 0 Å². The number of hydrogen-bond acceptors (Lipinski definition) is 2. The maximum absolute atomic E-state index is 6.39. The number of rotatable bonds is 6. The highest BCUT2D eigenvalue weighted by Gasteiger charge is 2.12. The summed E-state index contributed by atoms with van der Waals surface area (Å²) in [4.78, 5) is 0. The van der Waals surface area contributed by atoms with Crippen LogP contribution in [0.1, 0.15) is 41.9 Å². The first-order chi connectivity index (χ1) is 10.0. The van der Waals surface area contributed by atoms with E-state index >= 15 is 0 Å². The van der Waals surface area contributed by atoms with Crippen LogP contribution in [0.25, 0.3) is 0 Å². The molecule has 0 fully saturated rings. The molecule has 1 aromatic heterocycles. The molecule has 1 atom stereocenters. The third-order valence-electron chi connectivity index (χ3n) is 4.03. The summed E-state index contributed by atoms with van der Waals surface area (Å²) < 4.78 is 2.09. The largest absolute Gasteiger partial charge is 0.327 e. The predicted octanol–water partition coefficient (Wildman–Crippen LogP) is 3.19. The fraction of sp³-hybridized carbons (Fsp3) is 0.500. The van der Waals surface area contributed by atoms with Crippen LogP contribution in [-0.4, -0.2) is 15.8 Å². The van der Waals surface area contributed by atoms with Gasteiger partial charge in [0.1, 0.15) is 0 Å². The van der Waals surface area contributed by atoms with Crippen molar-refractivity contribution in [2.75, 3.05) is 0 Å². The fourth-order valence-electron chi connectivity index (χ4n) is 2.77. The molecule has 0 amide bonds. The van der Waals surface area contributed by atoms with E-state index in [0.29, 0.717) is 0 Å². The minimum absolute atomic E-state index is 0.136. The Balaban J connectivity index is 2.09. The van der Waals surface area contributed by atoms with Gasteiger partial charge in [-0.15, -0.1) is 0 Å². The van der Waals surface area contributed by atoms with Crippen LogP contribution in [0.3, 0.4) is 0 Å². The fourth-order valence-corrected chi connectivity index (χ4v) is 2.77. The van der Waals surface area contributed by atoms with E-state index in [-0.39, 0.29) is 6.04 Å². The van der Waals surface area contributed by atoms with Gasteiger partial charge in [0.2, 0.25) is 0 Å². The first-order valence-electron chi connectivity index (χ1n) is 7.90.